The molecular weight excluding hydrogens is 266 g/mol. The second-order valence-electron chi connectivity index (χ2n) is 4.55. The number of carbonyl (C=O) groups excluding carboxylic acids is 1. The number of carboxylic acid groups (broad SMARTS) is 1. The Labute approximate surface area is 115 Å². The number of hydrogen-bond acceptors (Lipinski definition) is 6. The number of piperidine rings is 1. The third-order valence-electron chi connectivity index (χ3n) is 3.10. The number of aromatic amines is 1. The third-order valence-corrected chi connectivity index (χ3v) is 3.10. The van der Waals surface area contributed by atoms with Crippen LogP contribution in [0.15, 0.2) is 0 Å². The summed E-state index contributed by atoms with van der Waals surface area (Å²) in [6.45, 7) is 1.28. The van der Waals surface area contributed by atoms with Crippen LogP contribution in [-0.4, -0.2) is 62.9 Å². The molecule has 20 heavy (non-hydrogen) atoms. The zero-order valence-electron chi connectivity index (χ0n) is 10.9. The normalized spacial score (nSPS) is 16.3. The lowest BCUT2D eigenvalue weighted by atomic mass is 10.1. The third kappa shape index (κ3) is 3.67. The molecule has 1 amide bonds. The van der Waals surface area contributed by atoms with Gasteiger partial charge in [-0.1, -0.05) is 0 Å². The second kappa shape index (κ2) is 6.33. The highest BCUT2D eigenvalue weighted by atomic mass is 16.5. The fourth-order valence-electron chi connectivity index (χ4n) is 2.06. The van der Waals surface area contributed by atoms with Gasteiger partial charge in [0, 0.05) is 13.1 Å². The molecule has 0 atom stereocenters. The number of aromatic nitrogens is 3. The molecule has 9 nitrogen and oxygen atoms in total. The first-order chi connectivity index (χ1) is 9.56. The van der Waals surface area contributed by atoms with Crippen molar-refractivity contribution in [3.8, 4) is 0 Å². The van der Waals surface area contributed by atoms with Crippen molar-refractivity contribution in [2.24, 2.45) is 0 Å². The van der Waals surface area contributed by atoms with Crippen LogP contribution in [-0.2, 0) is 9.53 Å². The standard InChI is InChI=1S/C11H17N5O4/c12-11-13-9(14-15-11)10(19)16-4-1-7(2-5-16)20-6-3-8(17)18/h7H,1-6H2,(H,17,18)(H3,12,13,14,15). The van der Waals surface area contributed by atoms with Gasteiger partial charge in [0.15, 0.2) is 0 Å². The van der Waals surface area contributed by atoms with Crippen molar-refractivity contribution in [3.05, 3.63) is 5.82 Å². The lowest BCUT2D eigenvalue weighted by Gasteiger charge is -2.31. The summed E-state index contributed by atoms with van der Waals surface area (Å²) in [7, 11) is 0. The van der Waals surface area contributed by atoms with E-state index in [1.807, 2.05) is 0 Å². The molecular formula is C11H17N5O4. The Kier molecular flexibility index (Phi) is 4.51. The van der Waals surface area contributed by atoms with E-state index in [1.165, 1.54) is 0 Å². The Morgan fingerprint density at radius 2 is 2.15 bits per heavy atom. The number of likely N-dealkylation sites (tertiary alicyclic amines) is 1. The van der Waals surface area contributed by atoms with Crippen LogP contribution in [0.5, 0.6) is 0 Å². The summed E-state index contributed by atoms with van der Waals surface area (Å²) in [5.74, 6) is -0.938. The molecule has 0 unspecified atom stereocenters. The van der Waals surface area contributed by atoms with Gasteiger partial charge in [0.25, 0.3) is 5.91 Å². The number of aliphatic carboxylic acids is 1. The van der Waals surface area contributed by atoms with Gasteiger partial charge in [-0.05, 0) is 12.8 Å². The number of hydrogen-bond donors (Lipinski definition) is 3. The van der Waals surface area contributed by atoms with Gasteiger partial charge in [-0.25, -0.2) is 0 Å². The maximum Gasteiger partial charge on any atom is 0.305 e. The van der Waals surface area contributed by atoms with E-state index in [9.17, 15) is 9.59 Å². The minimum atomic E-state index is -0.875. The minimum Gasteiger partial charge on any atom is -0.481 e. The highest BCUT2D eigenvalue weighted by molar-refractivity contribution is 5.90. The lowest BCUT2D eigenvalue weighted by Crippen LogP contribution is -2.41. The Morgan fingerprint density at radius 3 is 2.70 bits per heavy atom. The summed E-state index contributed by atoms with van der Waals surface area (Å²) in [6, 6.07) is 0. The van der Waals surface area contributed by atoms with Crippen molar-refractivity contribution in [2.45, 2.75) is 25.4 Å². The van der Waals surface area contributed by atoms with Gasteiger partial charge in [0.05, 0.1) is 19.1 Å². The van der Waals surface area contributed by atoms with Crippen molar-refractivity contribution in [3.63, 3.8) is 0 Å². The second-order valence-corrected chi connectivity index (χ2v) is 4.55. The summed E-state index contributed by atoms with van der Waals surface area (Å²) in [5, 5.41) is 14.6. The molecule has 1 saturated heterocycles. The van der Waals surface area contributed by atoms with E-state index < -0.39 is 5.97 Å². The number of H-pyrrole nitrogens is 1. The number of rotatable bonds is 5. The Balaban J connectivity index is 1.76. The van der Waals surface area contributed by atoms with E-state index in [-0.39, 0.29) is 36.8 Å². The number of nitrogens with zero attached hydrogens (tertiary/aromatic N) is 3. The number of ether oxygens (including phenoxy) is 1. The lowest BCUT2D eigenvalue weighted by molar-refractivity contribution is -0.138. The maximum atomic E-state index is 12.0. The van der Waals surface area contributed by atoms with Crippen LogP contribution in [0.25, 0.3) is 0 Å². The predicted octanol–water partition coefficient (Wildman–Crippen LogP) is -0.517. The number of nitrogens with one attached hydrogen (secondary N) is 1. The SMILES string of the molecule is Nc1n[nH]c(C(=O)N2CCC(OCCC(=O)O)CC2)n1. The van der Waals surface area contributed by atoms with Gasteiger partial charge in [0.2, 0.25) is 11.8 Å². The van der Waals surface area contributed by atoms with Gasteiger partial charge in [-0.15, -0.1) is 5.10 Å². The van der Waals surface area contributed by atoms with Gasteiger partial charge in [-0.3, -0.25) is 14.7 Å². The van der Waals surface area contributed by atoms with Crippen molar-refractivity contribution in [1.29, 1.82) is 0 Å². The molecule has 0 radical (unpaired) electrons. The van der Waals surface area contributed by atoms with E-state index in [0.29, 0.717) is 25.9 Å². The molecule has 110 valence electrons. The molecule has 1 aromatic rings. The smallest absolute Gasteiger partial charge is 0.305 e. The number of carbonyl (C=O) groups is 2. The predicted molar refractivity (Wildman–Crippen MR) is 67.9 cm³/mol. The van der Waals surface area contributed by atoms with Gasteiger partial charge < -0.3 is 20.5 Å². The largest absolute Gasteiger partial charge is 0.481 e. The van der Waals surface area contributed by atoms with Crippen LogP contribution in [0, 0.1) is 0 Å². The van der Waals surface area contributed by atoms with Gasteiger partial charge >= 0.3 is 5.97 Å². The van der Waals surface area contributed by atoms with Crippen LogP contribution in [0.3, 0.4) is 0 Å². The monoisotopic (exact) mass is 283 g/mol. The number of amides is 1. The van der Waals surface area contributed by atoms with Crippen molar-refractivity contribution >= 4 is 17.8 Å². The molecule has 0 spiro atoms. The summed E-state index contributed by atoms with van der Waals surface area (Å²) < 4.78 is 5.46. The molecule has 1 aromatic heterocycles. The van der Waals surface area contributed by atoms with Crippen LogP contribution < -0.4 is 5.73 Å². The van der Waals surface area contributed by atoms with Crippen LogP contribution in [0.4, 0.5) is 5.95 Å². The summed E-state index contributed by atoms with van der Waals surface area (Å²) in [5.41, 5.74) is 5.36. The summed E-state index contributed by atoms with van der Waals surface area (Å²) >= 11 is 0. The quantitative estimate of drug-likeness (QED) is 0.661. The number of nitrogens with two attached hydrogens (primary N) is 1. The molecule has 0 aliphatic carbocycles. The molecule has 2 heterocycles. The Hall–Kier alpha value is -2.16. The van der Waals surface area contributed by atoms with Crippen LogP contribution in [0.1, 0.15) is 29.9 Å². The summed E-state index contributed by atoms with van der Waals surface area (Å²) in [4.78, 5) is 27.9. The topological polar surface area (TPSA) is 134 Å². The van der Waals surface area contributed by atoms with Crippen LogP contribution in [0.2, 0.25) is 0 Å². The number of carboxylic acids is 1. The highest BCUT2D eigenvalue weighted by Gasteiger charge is 2.25. The molecule has 0 saturated carbocycles. The maximum absolute atomic E-state index is 12.0. The van der Waals surface area contributed by atoms with Crippen molar-refractivity contribution < 1.29 is 19.4 Å². The van der Waals surface area contributed by atoms with Crippen molar-refractivity contribution in [2.75, 3.05) is 25.4 Å². The Morgan fingerprint density at radius 1 is 1.45 bits per heavy atom. The van der Waals surface area contributed by atoms with Crippen LogP contribution >= 0.6 is 0 Å². The highest BCUT2D eigenvalue weighted by Crippen LogP contribution is 2.15. The van der Waals surface area contributed by atoms with Crippen molar-refractivity contribution in [1.82, 2.24) is 20.1 Å². The number of nitrogen functional groups attached to an aromatic ring is 1. The van der Waals surface area contributed by atoms with E-state index in [0.717, 1.165) is 0 Å². The van der Waals surface area contributed by atoms with E-state index in [4.69, 9.17) is 15.6 Å². The average molecular weight is 283 g/mol. The molecule has 0 aromatic carbocycles. The fourth-order valence-corrected chi connectivity index (χ4v) is 2.06. The molecule has 9 heteroatoms. The van der Waals surface area contributed by atoms with E-state index in [2.05, 4.69) is 15.2 Å². The first kappa shape index (κ1) is 14.3. The first-order valence-corrected chi connectivity index (χ1v) is 6.37. The zero-order valence-corrected chi connectivity index (χ0v) is 10.9. The molecule has 1 aliphatic rings. The minimum absolute atomic E-state index is 0.00167. The van der Waals surface area contributed by atoms with E-state index in [1.54, 1.807) is 4.90 Å². The molecule has 1 aliphatic heterocycles. The molecule has 1 fully saturated rings. The molecule has 4 N–H and O–H groups in total. The molecule has 2 rings (SSSR count). The zero-order chi connectivity index (χ0) is 14.5. The fraction of sp³-hybridized carbons (Fsp3) is 0.636. The van der Waals surface area contributed by atoms with E-state index >= 15 is 0 Å². The molecule has 0 bridgehead atoms. The van der Waals surface area contributed by atoms with Gasteiger partial charge in [-0.2, -0.15) is 4.98 Å². The first-order valence-electron chi connectivity index (χ1n) is 6.37. The number of anilines is 1. The Bertz CT molecular complexity index is 481. The van der Waals surface area contributed by atoms with Gasteiger partial charge in [0.1, 0.15) is 0 Å². The summed E-state index contributed by atoms with van der Waals surface area (Å²) in [6.07, 6.45) is 1.35. The average Bonchev–Trinajstić information content (AvgIpc) is 2.85.